The van der Waals surface area contributed by atoms with Gasteiger partial charge in [-0.3, -0.25) is 52.7 Å². The van der Waals surface area contributed by atoms with Crippen LogP contribution in [0.15, 0.2) is 60.8 Å². The van der Waals surface area contributed by atoms with Crippen LogP contribution in [0, 0.1) is 17.8 Å². The van der Waals surface area contributed by atoms with E-state index in [0.29, 0.717) is 137 Å². The van der Waals surface area contributed by atoms with E-state index < -0.39 is 0 Å². The van der Waals surface area contributed by atoms with Crippen molar-refractivity contribution in [3.8, 4) is 0 Å². The molecule has 0 N–H and O–H groups in total. The molecule has 0 heterocycles. The summed E-state index contributed by atoms with van der Waals surface area (Å²) in [6.45, 7) is 15.7. The van der Waals surface area contributed by atoms with Gasteiger partial charge in [0.15, 0.2) is 0 Å². The quantitative estimate of drug-likeness (QED) is 0.0237. The zero-order valence-electron chi connectivity index (χ0n) is 98.0. The second kappa shape index (κ2) is 131. The third-order valence-corrected chi connectivity index (χ3v) is 27.5. The molecule has 18 nitrogen and oxygen atoms in total. The Bertz CT molecular complexity index is 3070. The molecule has 0 saturated heterocycles. The van der Waals surface area contributed by atoms with E-state index in [-0.39, 0.29) is 70.2 Å². The van der Waals surface area contributed by atoms with E-state index in [0.717, 1.165) is 199 Å². The predicted molar refractivity (Wildman–Crippen MR) is 637 cm³/mol. The summed E-state index contributed by atoms with van der Waals surface area (Å²) in [6, 6.07) is 0. The number of hydrogen-bond donors (Lipinski definition) is 0. The predicted octanol–water partition coefficient (Wildman–Crippen LogP) is 39.7. The summed E-state index contributed by atoms with van der Waals surface area (Å²) in [4.78, 5) is 127. The minimum Gasteiger partial charge on any atom is -0.469 e. The minimum absolute atomic E-state index is 0. The van der Waals surface area contributed by atoms with Crippen molar-refractivity contribution in [2.24, 2.45) is 17.8 Å². The fourth-order valence-electron chi connectivity index (χ4n) is 17.5. The molecule has 0 spiro atoms. The van der Waals surface area contributed by atoms with Crippen molar-refractivity contribution in [3.63, 3.8) is 0 Å². The van der Waals surface area contributed by atoms with Gasteiger partial charge in [-0.2, -0.15) is 0 Å². The molecular weight excluding hydrogens is 1870 g/mol. The molecule has 150 heavy (non-hydrogen) atoms. The Labute approximate surface area is 927 Å². The van der Waals surface area contributed by atoms with Crippen molar-refractivity contribution in [3.05, 3.63) is 60.8 Å². The summed E-state index contributed by atoms with van der Waals surface area (Å²) in [5.41, 5.74) is 0. The second-order valence-electron chi connectivity index (χ2n) is 43.2. The second-order valence-corrected chi connectivity index (χ2v) is 43.2. The van der Waals surface area contributed by atoms with Crippen LogP contribution in [-0.4, -0.2) is 113 Å². The molecule has 0 bridgehead atoms. The van der Waals surface area contributed by atoms with Gasteiger partial charge in [-0.15, -0.1) is 0 Å². The average molecular weight is 2120 g/mol. The Morgan fingerprint density at radius 2 is 0.360 bits per heavy atom. The lowest BCUT2D eigenvalue weighted by atomic mass is 10.0. The van der Waals surface area contributed by atoms with Gasteiger partial charge in [0.25, 0.3) is 0 Å². The number of methoxy groups -OCH3 is 5. The fraction of sp³-hybridized carbons (Fsp3) is 0.841. The molecule has 0 amide bonds. The minimum atomic E-state index is -0.107. The van der Waals surface area contributed by atoms with Crippen LogP contribution < -0.4 is 0 Å². The first kappa shape index (κ1) is 157. The number of Topliss-reactive ketones (excluding diaryl/α,β-unsaturated/α-hetero) is 4. The number of hydrogen-bond acceptors (Lipinski definition) is 18. The van der Waals surface area contributed by atoms with Crippen LogP contribution in [0.5, 0.6) is 0 Å². The molecule has 0 aliphatic carbocycles. The van der Waals surface area contributed by atoms with E-state index in [4.69, 9.17) is 14.2 Å². The summed E-state index contributed by atoms with van der Waals surface area (Å²) in [5, 5.41) is 0. The maximum atomic E-state index is 12.6. The third-order valence-electron chi connectivity index (χ3n) is 27.5. The highest BCUT2D eigenvalue weighted by Crippen LogP contribution is 2.23. The van der Waals surface area contributed by atoms with E-state index in [1.54, 1.807) is 0 Å². The van der Waals surface area contributed by atoms with Gasteiger partial charge in [0, 0.05) is 103 Å². The summed E-state index contributed by atoms with van der Waals surface area (Å²) < 4.78 is 34.5. The van der Waals surface area contributed by atoms with Crippen LogP contribution in [0.25, 0.3) is 0 Å². The van der Waals surface area contributed by atoms with E-state index in [1.165, 1.54) is 331 Å². The largest absolute Gasteiger partial charge is 0.469 e. The molecule has 0 fully saturated rings. The summed E-state index contributed by atoms with van der Waals surface area (Å²) in [7, 11) is 7.26. The topological polar surface area (TPSA) is 252 Å². The number of ether oxygens (including phenoxy) is 7. The SMILES string of the molecule is C.C.C.CCCCCCC(C/C=C/CCCCCCCCC(=O)OC)OC(=O)CCCCCCCC=CCCCCCCCCC(=O)CCCCC(=O)CCC(C)C.COC(=O)CCCCCCCC/C=C/CCCCCCCCC(=O)OC.COC(=O)CCCCCCCCC=CCCCCCCCCC(=O)CCCCC(=O)CCC(C)C.COC(=O)CCCCCCCCC=CCCCCCCCCCOC(=O)CCC(C)C. The number of carbonyl (C=O) groups excluding carboxylic acids is 11. The standard InChI is InChI=1S/C49H88O6.C31H56O4.C27H50O4.C22H40O4.3CH4/c1-5-6-7-29-38-47(39-30-25-21-17-15-19-22-26-31-40-48(52)54-4)55-49(53)41-32-27-23-18-14-12-10-8-9-11-13-16-20-24-28-35-45(50)36-33-34-37-46(51)43-42-44(2)3;1-28(2)26-27-30(33)24-21-20-23-29(32)22-18-16-14-12-10-8-6-4-5-7-9-11-13-15-17-19-25-31(34)35-3;1-25(2)22-23-27(29)31-24-20-18-16-14-12-10-8-6-4-5-7-9-11-13-15-17-19-21-26(28)30-3;1-25-21(23)19-17-15-13-11-9-7-5-3-4-6-8-10-12-14-16-18-20-22(24)26-2;;;/h8,10,25,30,44,47H,5-7,9,11-24,26-29,31-43H2,1-4H3;4-5,28H,6-27H2,1-3H3;4-5,25H,6-24H2,1-3H3;3-4H,5-20H2,1-2H3;3*1H4/b10-8?,30-25+;;;4-3+;;;. The molecular formula is C132H246O18. The number of unbranched alkanes of at least 4 members (excludes halogenated alkanes) is 59. The number of esters is 7. The normalized spacial score (nSPS) is 11.4. The number of ketones is 4. The zero-order chi connectivity index (χ0) is 109. The maximum Gasteiger partial charge on any atom is 0.306 e. The van der Waals surface area contributed by atoms with Crippen LogP contribution in [0.4, 0.5) is 0 Å². The van der Waals surface area contributed by atoms with Crippen molar-refractivity contribution >= 4 is 64.9 Å². The molecule has 0 aromatic rings. The van der Waals surface area contributed by atoms with Gasteiger partial charge >= 0.3 is 41.8 Å². The summed E-state index contributed by atoms with van der Waals surface area (Å²) in [5.74, 6) is 2.68. The highest BCUT2D eigenvalue weighted by atomic mass is 16.6. The Morgan fingerprint density at radius 3 is 0.587 bits per heavy atom. The van der Waals surface area contributed by atoms with Gasteiger partial charge in [-0.1, -0.05) is 382 Å². The molecule has 1 unspecified atom stereocenters. The molecule has 882 valence electrons. The van der Waals surface area contributed by atoms with Gasteiger partial charge < -0.3 is 33.2 Å². The molecule has 18 heteroatoms. The molecule has 0 aromatic carbocycles. The molecule has 0 aliphatic rings. The van der Waals surface area contributed by atoms with Gasteiger partial charge in [-0.25, -0.2) is 0 Å². The van der Waals surface area contributed by atoms with Crippen LogP contribution in [0.1, 0.15) is 655 Å². The first-order chi connectivity index (χ1) is 71.5. The lowest BCUT2D eigenvalue weighted by molar-refractivity contribution is -0.149. The van der Waals surface area contributed by atoms with Crippen LogP contribution >= 0.6 is 0 Å². The van der Waals surface area contributed by atoms with E-state index in [1.807, 2.05) is 0 Å². The first-order valence-electron chi connectivity index (χ1n) is 61.5. The lowest BCUT2D eigenvalue weighted by Gasteiger charge is -2.16. The average Bonchev–Trinajstić information content (AvgIpc) is 0.956. The Hall–Kier alpha value is -6.33. The van der Waals surface area contributed by atoms with Gasteiger partial charge in [0.1, 0.15) is 29.2 Å². The van der Waals surface area contributed by atoms with E-state index in [2.05, 4.69) is 128 Å². The van der Waals surface area contributed by atoms with E-state index in [9.17, 15) is 52.7 Å². The maximum absolute atomic E-state index is 12.6. The highest BCUT2D eigenvalue weighted by Gasteiger charge is 2.16. The van der Waals surface area contributed by atoms with E-state index >= 15 is 0 Å². The van der Waals surface area contributed by atoms with Crippen LogP contribution in [0.3, 0.4) is 0 Å². The number of carbonyl (C=O) groups is 11. The lowest BCUT2D eigenvalue weighted by Crippen LogP contribution is -2.17. The Morgan fingerprint density at radius 1 is 0.180 bits per heavy atom. The summed E-state index contributed by atoms with van der Waals surface area (Å²) >= 11 is 0. The van der Waals surface area contributed by atoms with Crippen molar-refractivity contribution in [1.82, 2.24) is 0 Å². The monoisotopic (exact) mass is 2120 g/mol. The van der Waals surface area contributed by atoms with Crippen molar-refractivity contribution in [2.45, 2.75) is 661 Å². The number of allylic oxidation sites excluding steroid dienone is 9. The fourth-order valence-corrected chi connectivity index (χ4v) is 17.5. The van der Waals surface area contributed by atoms with Crippen molar-refractivity contribution in [2.75, 3.05) is 42.2 Å². The van der Waals surface area contributed by atoms with Gasteiger partial charge in [0.05, 0.1) is 42.2 Å². The molecule has 0 radical (unpaired) electrons. The van der Waals surface area contributed by atoms with Crippen molar-refractivity contribution in [1.29, 1.82) is 0 Å². The van der Waals surface area contributed by atoms with Crippen LogP contribution in [0.2, 0.25) is 0 Å². The molecule has 0 rings (SSSR count). The summed E-state index contributed by atoms with van der Waals surface area (Å²) in [6.07, 6.45) is 120. The number of rotatable bonds is 108. The van der Waals surface area contributed by atoms with Gasteiger partial charge in [-0.05, 0) is 249 Å². The zero-order valence-corrected chi connectivity index (χ0v) is 98.0. The molecule has 0 aliphatic heterocycles. The molecule has 0 aromatic heterocycles. The van der Waals surface area contributed by atoms with Crippen LogP contribution in [-0.2, 0) is 85.9 Å². The Balaban J connectivity index is -0.000000377. The Kier molecular flexibility index (Phi) is 137. The van der Waals surface area contributed by atoms with Crippen molar-refractivity contribution < 1.29 is 85.9 Å². The first-order valence-corrected chi connectivity index (χ1v) is 61.5. The smallest absolute Gasteiger partial charge is 0.306 e. The molecule has 1 atom stereocenters. The highest BCUT2D eigenvalue weighted by molar-refractivity contribution is 5.80. The molecule has 0 saturated carbocycles. The third kappa shape index (κ3) is 140. The van der Waals surface area contributed by atoms with Gasteiger partial charge in [0.2, 0.25) is 0 Å².